The van der Waals surface area contributed by atoms with Gasteiger partial charge in [-0.05, 0) is 57.0 Å². The van der Waals surface area contributed by atoms with E-state index in [1.54, 1.807) is 24.3 Å². The summed E-state index contributed by atoms with van der Waals surface area (Å²) in [5.41, 5.74) is 2.49. The summed E-state index contributed by atoms with van der Waals surface area (Å²) in [6.07, 6.45) is 0.781. The van der Waals surface area contributed by atoms with Crippen LogP contribution in [0.15, 0.2) is 30.3 Å². The van der Waals surface area contributed by atoms with Crippen LogP contribution in [0.1, 0.15) is 47.1 Å². The number of anilines is 1. The molecule has 0 radical (unpaired) electrons. The van der Waals surface area contributed by atoms with Crippen LogP contribution in [-0.4, -0.2) is 38.2 Å². The molecule has 0 spiro atoms. The molecule has 2 amide bonds. The molecule has 1 aliphatic heterocycles. The number of benzene rings is 2. The van der Waals surface area contributed by atoms with Crippen LogP contribution < -0.4 is 24.8 Å². The van der Waals surface area contributed by atoms with Crippen LogP contribution in [0.5, 0.6) is 17.2 Å². The molecule has 0 aromatic heterocycles. The van der Waals surface area contributed by atoms with Crippen LogP contribution in [0.25, 0.3) is 0 Å². The minimum absolute atomic E-state index is 0.124. The van der Waals surface area contributed by atoms with Crippen LogP contribution in [0.4, 0.5) is 5.69 Å². The Bertz CT molecular complexity index is 883. The molecule has 0 fully saturated rings. The first-order valence-corrected chi connectivity index (χ1v) is 9.86. The zero-order chi connectivity index (χ0) is 20.8. The van der Waals surface area contributed by atoms with Crippen molar-refractivity contribution in [2.24, 2.45) is 0 Å². The molecule has 0 aliphatic carbocycles. The SMILES string of the molecule is CCOc1cc(C(=O)Nc2ccc3c(c2)C(=O)NCC3)cc(OCC)c1OCC. The van der Waals surface area contributed by atoms with Gasteiger partial charge in [0.15, 0.2) is 11.5 Å². The minimum atomic E-state index is -0.328. The molecule has 1 aliphatic rings. The van der Waals surface area contributed by atoms with Crippen molar-refractivity contribution in [3.8, 4) is 17.2 Å². The lowest BCUT2D eigenvalue weighted by molar-refractivity contribution is 0.0944. The van der Waals surface area contributed by atoms with Gasteiger partial charge in [-0.2, -0.15) is 0 Å². The third kappa shape index (κ3) is 4.62. The highest BCUT2D eigenvalue weighted by Crippen LogP contribution is 2.39. The first-order valence-electron chi connectivity index (χ1n) is 9.86. The molecule has 2 aromatic rings. The number of rotatable bonds is 8. The lowest BCUT2D eigenvalue weighted by Gasteiger charge is -2.18. The Morgan fingerprint density at radius 2 is 1.66 bits per heavy atom. The fourth-order valence-corrected chi connectivity index (χ4v) is 3.21. The second kappa shape index (κ2) is 9.32. The van der Waals surface area contributed by atoms with Gasteiger partial charge in [-0.25, -0.2) is 0 Å². The van der Waals surface area contributed by atoms with E-state index in [4.69, 9.17) is 14.2 Å². The van der Waals surface area contributed by atoms with Crippen LogP contribution in [0, 0.1) is 0 Å². The van der Waals surface area contributed by atoms with Crippen LogP contribution >= 0.6 is 0 Å². The number of hydrogen-bond acceptors (Lipinski definition) is 5. The first-order chi connectivity index (χ1) is 14.1. The Balaban J connectivity index is 1.90. The Morgan fingerprint density at radius 3 is 2.28 bits per heavy atom. The largest absolute Gasteiger partial charge is 0.490 e. The van der Waals surface area contributed by atoms with E-state index >= 15 is 0 Å². The van der Waals surface area contributed by atoms with Gasteiger partial charge in [-0.15, -0.1) is 0 Å². The molecule has 0 saturated carbocycles. The summed E-state index contributed by atoms with van der Waals surface area (Å²) in [5, 5.41) is 5.66. The number of carbonyl (C=O) groups excluding carboxylic acids is 2. The Kier molecular flexibility index (Phi) is 6.59. The summed E-state index contributed by atoms with van der Waals surface area (Å²) in [4.78, 5) is 24.9. The van der Waals surface area contributed by atoms with Gasteiger partial charge in [-0.1, -0.05) is 6.07 Å². The highest BCUT2D eigenvalue weighted by Gasteiger charge is 2.20. The van der Waals surface area contributed by atoms with Crippen LogP contribution in [0.2, 0.25) is 0 Å². The number of amides is 2. The third-order valence-corrected chi connectivity index (χ3v) is 4.46. The van der Waals surface area contributed by atoms with Crippen LogP contribution in [-0.2, 0) is 6.42 Å². The van der Waals surface area contributed by atoms with Crippen molar-refractivity contribution in [1.82, 2.24) is 5.32 Å². The van der Waals surface area contributed by atoms with Crippen molar-refractivity contribution in [3.63, 3.8) is 0 Å². The van der Waals surface area contributed by atoms with Gasteiger partial charge >= 0.3 is 0 Å². The fraction of sp³-hybridized carbons (Fsp3) is 0.364. The van der Waals surface area contributed by atoms with Crippen molar-refractivity contribution >= 4 is 17.5 Å². The number of ether oxygens (including phenoxy) is 3. The molecule has 154 valence electrons. The van der Waals surface area contributed by atoms with Gasteiger partial charge in [0, 0.05) is 23.4 Å². The highest BCUT2D eigenvalue weighted by atomic mass is 16.5. The molecule has 2 aromatic carbocycles. The standard InChI is InChI=1S/C22H26N2O5/c1-4-27-18-11-15(12-19(28-5-2)20(18)29-6-3)21(25)24-16-8-7-14-9-10-23-22(26)17(14)13-16/h7-8,11-13H,4-6,9-10H2,1-3H3,(H,23,26)(H,24,25). The van der Waals surface area contributed by atoms with E-state index in [2.05, 4.69) is 10.6 Å². The highest BCUT2D eigenvalue weighted by molar-refractivity contribution is 6.06. The fourth-order valence-electron chi connectivity index (χ4n) is 3.21. The van der Waals surface area contributed by atoms with Gasteiger partial charge in [0.05, 0.1) is 19.8 Å². The van der Waals surface area contributed by atoms with Crippen molar-refractivity contribution in [2.75, 3.05) is 31.7 Å². The summed E-state index contributed by atoms with van der Waals surface area (Å²) >= 11 is 0. The summed E-state index contributed by atoms with van der Waals surface area (Å²) < 4.78 is 17.0. The average Bonchev–Trinajstić information content (AvgIpc) is 2.71. The van der Waals surface area contributed by atoms with E-state index in [1.165, 1.54) is 0 Å². The van der Waals surface area contributed by atoms with E-state index in [-0.39, 0.29) is 11.8 Å². The molecule has 0 bridgehead atoms. The normalized spacial score (nSPS) is 12.6. The zero-order valence-electron chi connectivity index (χ0n) is 17.0. The number of carbonyl (C=O) groups is 2. The van der Waals surface area contributed by atoms with Gasteiger partial charge in [0.1, 0.15) is 0 Å². The quantitative estimate of drug-likeness (QED) is 0.712. The lowest BCUT2D eigenvalue weighted by Crippen LogP contribution is -2.31. The van der Waals surface area contributed by atoms with Crippen molar-refractivity contribution in [3.05, 3.63) is 47.0 Å². The molecule has 0 unspecified atom stereocenters. The molecule has 2 N–H and O–H groups in total. The van der Waals surface area contributed by atoms with Crippen molar-refractivity contribution < 1.29 is 23.8 Å². The molecule has 0 saturated heterocycles. The average molecular weight is 398 g/mol. The van der Waals surface area contributed by atoms with Gasteiger partial charge in [0.25, 0.3) is 11.8 Å². The van der Waals surface area contributed by atoms with E-state index in [0.717, 1.165) is 12.0 Å². The Labute approximate surface area is 170 Å². The predicted molar refractivity (Wildman–Crippen MR) is 110 cm³/mol. The van der Waals surface area contributed by atoms with E-state index < -0.39 is 0 Å². The van der Waals surface area contributed by atoms with Crippen LogP contribution in [0.3, 0.4) is 0 Å². The number of nitrogens with one attached hydrogen (secondary N) is 2. The molecular weight excluding hydrogens is 372 g/mol. The van der Waals surface area contributed by atoms with E-state index in [9.17, 15) is 9.59 Å². The van der Waals surface area contributed by atoms with E-state index in [0.29, 0.717) is 60.4 Å². The summed E-state index contributed by atoms with van der Waals surface area (Å²) in [5.74, 6) is 0.940. The topological polar surface area (TPSA) is 85.9 Å². The second-order valence-electron chi connectivity index (χ2n) is 6.43. The molecule has 7 nitrogen and oxygen atoms in total. The first kappa shape index (κ1) is 20.5. The monoisotopic (exact) mass is 398 g/mol. The molecule has 29 heavy (non-hydrogen) atoms. The molecule has 0 atom stereocenters. The number of fused-ring (bicyclic) bond motifs is 1. The van der Waals surface area contributed by atoms with E-state index in [1.807, 2.05) is 26.8 Å². The second-order valence-corrected chi connectivity index (χ2v) is 6.43. The van der Waals surface area contributed by atoms with Gasteiger partial charge in [0.2, 0.25) is 5.75 Å². The zero-order valence-corrected chi connectivity index (χ0v) is 17.0. The Morgan fingerprint density at radius 1 is 1.00 bits per heavy atom. The lowest BCUT2D eigenvalue weighted by atomic mass is 9.99. The molecule has 3 rings (SSSR count). The van der Waals surface area contributed by atoms with Crippen molar-refractivity contribution in [2.45, 2.75) is 27.2 Å². The summed E-state index contributed by atoms with van der Waals surface area (Å²) in [6, 6.07) is 8.65. The van der Waals surface area contributed by atoms with Gasteiger partial charge < -0.3 is 24.8 Å². The van der Waals surface area contributed by atoms with Crippen molar-refractivity contribution in [1.29, 1.82) is 0 Å². The van der Waals surface area contributed by atoms with Gasteiger partial charge in [-0.3, -0.25) is 9.59 Å². The summed E-state index contributed by atoms with van der Waals surface area (Å²) in [6.45, 7) is 7.53. The smallest absolute Gasteiger partial charge is 0.255 e. The maximum atomic E-state index is 12.9. The predicted octanol–water partition coefficient (Wildman–Crippen LogP) is 3.42. The minimum Gasteiger partial charge on any atom is -0.490 e. The molecule has 7 heteroatoms. The summed E-state index contributed by atoms with van der Waals surface area (Å²) in [7, 11) is 0. The molecular formula is C22H26N2O5. The third-order valence-electron chi connectivity index (χ3n) is 4.46. The molecule has 1 heterocycles. The maximum absolute atomic E-state index is 12.9. The maximum Gasteiger partial charge on any atom is 0.255 e. The Hall–Kier alpha value is -3.22. The number of hydrogen-bond donors (Lipinski definition) is 2.